The molecule has 3 rings (SSSR count). The number of carbonyl (C=O) groups excluding carboxylic acids is 2. The minimum atomic E-state index is -0.210. The molecule has 0 amide bonds. The van der Waals surface area contributed by atoms with Crippen LogP contribution in [0.2, 0.25) is 5.02 Å². The van der Waals surface area contributed by atoms with Gasteiger partial charge in [0.1, 0.15) is 5.78 Å². The monoisotopic (exact) mass is 342 g/mol. The SMILES string of the molecule is COc1ccc2c(n1)c(CC(C)=O)cn2C(=O)c1ccc(Cl)cc1. The third-order valence-corrected chi connectivity index (χ3v) is 3.91. The molecule has 0 atom stereocenters. The number of benzene rings is 1. The topological polar surface area (TPSA) is 61.2 Å². The van der Waals surface area contributed by atoms with Gasteiger partial charge in [0, 0.05) is 34.8 Å². The average molecular weight is 343 g/mol. The van der Waals surface area contributed by atoms with Gasteiger partial charge in [-0.1, -0.05) is 11.6 Å². The van der Waals surface area contributed by atoms with Crippen molar-refractivity contribution in [3.05, 3.63) is 58.7 Å². The van der Waals surface area contributed by atoms with Gasteiger partial charge in [-0.3, -0.25) is 14.2 Å². The van der Waals surface area contributed by atoms with Gasteiger partial charge in [0.2, 0.25) is 5.88 Å². The molecule has 122 valence electrons. The quantitative estimate of drug-likeness (QED) is 0.727. The normalized spacial score (nSPS) is 10.8. The van der Waals surface area contributed by atoms with E-state index in [4.69, 9.17) is 16.3 Å². The Balaban J connectivity index is 2.15. The van der Waals surface area contributed by atoms with Gasteiger partial charge in [-0.05, 0) is 37.3 Å². The highest BCUT2D eigenvalue weighted by Gasteiger charge is 2.18. The van der Waals surface area contributed by atoms with E-state index >= 15 is 0 Å². The van der Waals surface area contributed by atoms with E-state index in [1.165, 1.54) is 18.6 Å². The summed E-state index contributed by atoms with van der Waals surface area (Å²) in [6.07, 6.45) is 1.87. The maximum Gasteiger partial charge on any atom is 0.262 e. The van der Waals surface area contributed by atoms with Gasteiger partial charge >= 0.3 is 0 Å². The second kappa shape index (κ2) is 6.45. The number of nitrogens with zero attached hydrogens (tertiary/aromatic N) is 2. The van der Waals surface area contributed by atoms with Crippen LogP contribution in [0.4, 0.5) is 0 Å². The molecule has 2 heterocycles. The number of carbonyl (C=O) groups is 2. The first-order valence-corrected chi connectivity index (χ1v) is 7.72. The van der Waals surface area contributed by atoms with Crippen LogP contribution in [0.3, 0.4) is 0 Å². The maximum atomic E-state index is 12.8. The number of aromatic nitrogens is 2. The summed E-state index contributed by atoms with van der Waals surface area (Å²) in [5, 5.41) is 0.563. The van der Waals surface area contributed by atoms with E-state index in [0.29, 0.717) is 33.1 Å². The molecular weight excluding hydrogens is 328 g/mol. The Hall–Kier alpha value is -2.66. The van der Waals surface area contributed by atoms with E-state index in [0.717, 1.165) is 0 Å². The van der Waals surface area contributed by atoms with Crippen LogP contribution >= 0.6 is 11.6 Å². The van der Waals surface area contributed by atoms with E-state index in [2.05, 4.69) is 4.98 Å². The fourth-order valence-corrected chi connectivity index (χ4v) is 2.69. The summed E-state index contributed by atoms with van der Waals surface area (Å²) in [4.78, 5) is 28.7. The van der Waals surface area contributed by atoms with Gasteiger partial charge in [0.25, 0.3) is 5.91 Å². The molecule has 0 bridgehead atoms. The molecule has 1 aromatic carbocycles. The first-order valence-electron chi connectivity index (χ1n) is 7.34. The summed E-state index contributed by atoms with van der Waals surface area (Å²) in [7, 11) is 1.52. The van der Waals surface area contributed by atoms with Gasteiger partial charge in [-0.15, -0.1) is 0 Å². The Bertz CT molecular complexity index is 929. The third kappa shape index (κ3) is 3.03. The molecule has 6 heteroatoms. The number of ether oxygens (including phenoxy) is 1. The second-order valence-electron chi connectivity index (χ2n) is 5.44. The van der Waals surface area contributed by atoms with Crippen LogP contribution in [0.5, 0.6) is 5.88 Å². The van der Waals surface area contributed by atoms with Gasteiger partial charge in [0.15, 0.2) is 0 Å². The molecule has 0 saturated heterocycles. The molecule has 0 unspecified atom stereocenters. The lowest BCUT2D eigenvalue weighted by atomic mass is 10.1. The van der Waals surface area contributed by atoms with Gasteiger partial charge in [0.05, 0.1) is 18.1 Å². The lowest BCUT2D eigenvalue weighted by molar-refractivity contribution is -0.116. The highest BCUT2D eigenvalue weighted by molar-refractivity contribution is 6.30. The fourth-order valence-electron chi connectivity index (χ4n) is 2.56. The number of pyridine rings is 1. The average Bonchev–Trinajstić information content (AvgIpc) is 2.92. The zero-order chi connectivity index (χ0) is 17.3. The lowest BCUT2D eigenvalue weighted by Gasteiger charge is -2.05. The smallest absolute Gasteiger partial charge is 0.262 e. The molecule has 0 fully saturated rings. The minimum Gasteiger partial charge on any atom is -0.481 e. The number of hydrogen-bond donors (Lipinski definition) is 0. The standard InChI is InChI=1S/C18H15ClN2O3/c1-11(22)9-13-10-21(15-7-8-16(24-2)20-17(13)15)18(23)12-3-5-14(19)6-4-12/h3-8,10H,9H2,1-2H3. The second-order valence-corrected chi connectivity index (χ2v) is 5.87. The first kappa shape index (κ1) is 16.2. The van der Waals surface area contributed by atoms with Crippen molar-refractivity contribution < 1.29 is 14.3 Å². The summed E-state index contributed by atoms with van der Waals surface area (Å²) in [5.41, 5.74) is 2.42. The highest BCUT2D eigenvalue weighted by Crippen LogP contribution is 2.24. The van der Waals surface area contributed by atoms with E-state index in [1.807, 2.05) is 0 Å². The maximum absolute atomic E-state index is 12.8. The molecule has 0 aliphatic rings. The first-order chi connectivity index (χ1) is 11.5. The number of fused-ring (bicyclic) bond motifs is 1. The molecule has 2 aromatic heterocycles. The van der Waals surface area contributed by atoms with Crippen LogP contribution in [0.1, 0.15) is 22.8 Å². The van der Waals surface area contributed by atoms with Crippen LogP contribution in [0, 0.1) is 0 Å². The number of halogens is 1. The highest BCUT2D eigenvalue weighted by atomic mass is 35.5. The summed E-state index contributed by atoms with van der Waals surface area (Å²) in [5.74, 6) is 0.222. The van der Waals surface area contributed by atoms with Crippen molar-refractivity contribution in [2.75, 3.05) is 7.11 Å². The molecule has 0 saturated carbocycles. The van der Waals surface area contributed by atoms with Crippen molar-refractivity contribution in [1.82, 2.24) is 9.55 Å². The molecule has 0 spiro atoms. The molecular formula is C18H15ClN2O3. The molecule has 0 N–H and O–H groups in total. The molecule has 0 aliphatic carbocycles. The van der Waals surface area contributed by atoms with E-state index in [-0.39, 0.29) is 18.1 Å². The lowest BCUT2D eigenvalue weighted by Crippen LogP contribution is -2.10. The Morgan fingerprint density at radius 1 is 1.17 bits per heavy atom. The zero-order valence-electron chi connectivity index (χ0n) is 13.2. The van der Waals surface area contributed by atoms with Crippen molar-refractivity contribution >= 4 is 34.3 Å². The van der Waals surface area contributed by atoms with Gasteiger partial charge in [-0.2, -0.15) is 0 Å². The van der Waals surface area contributed by atoms with Crippen LogP contribution in [0.15, 0.2) is 42.6 Å². The van der Waals surface area contributed by atoms with Crippen molar-refractivity contribution in [2.24, 2.45) is 0 Å². The van der Waals surface area contributed by atoms with Crippen molar-refractivity contribution in [3.8, 4) is 5.88 Å². The minimum absolute atomic E-state index is 0.00221. The van der Waals surface area contributed by atoms with Crippen LogP contribution in [-0.4, -0.2) is 28.4 Å². The summed E-state index contributed by atoms with van der Waals surface area (Å²) in [6, 6.07) is 10.1. The van der Waals surface area contributed by atoms with E-state index in [9.17, 15) is 9.59 Å². The Labute approximate surface area is 143 Å². The van der Waals surface area contributed by atoms with Crippen molar-refractivity contribution in [3.63, 3.8) is 0 Å². The molecule has 5 nitrogen and oxygen atoms in total. The third-order valence-electron chi connectivity index (χ3n) is 3.66. The molecule has 3 aromatic rings. The number of hydrogen-bond acceptors (Lipinski definition) is 4. The molecule has 0 aliphatic heterocycles. The molecule has 24 heavy (non-hydrogen) atoms. The Kier molecular flexibility index (Phi) is 4.36. The Morgan fingerprint density at radius 3 is 2.50 bits per heavy atom. The zero-order valence-corrected chi connectivity index (χ0v) is 14.0. The van der Waals surface area contributed by atoms with E-state index in [1.54, 1.807) is 42.6 Å². The number of ketones is 1. The van der Waals surface area contributed by atoms with Crippen LogP contribution < -0.4 is 4.74 Å². The van der Waals surface area contributed by atoms with Gasteiger partial charge < -0.3 is 4.74 Å². The van der Waals surface area contributed by atoms with E-state index < -0.39 is 0 Å². The molecule has 0 radical (unpaired) electrons. The number of methoxy groups -OCH3 is 1. The van der Waals surface area contributed by atoms with Gasteiger partial charge in [-0.25, -0.2) is 4.98 Å². The Morgan fingerprint density at radius 2 is 1.88 bits per heavy atom. The number of Topliss-reactive ketones (excluding diaryl/α,β-unsaturated/α-hetero) is 1. The summed E-state index contributed by atoms with van der Waals surface area (Å²) in [6.45, 7) is 1.50. The summed E-state index contributed by atoms with van der Waals surface area (Å²) >= 11 is 5.87. The van der Waals surface area contributed by atoms with Crippen molar-refractivity contribution in [1.29, 1.82) is 0 Å². The predicted molar refractivity (Wildman–Crippen MR) is 91.9 cm³/mol. The number of rotatable bonds is 4. The fraction of sp³-hybridized carbons (Fsp3) is 0.167. The van der Waals surface area contributed by atoms with Crippen LogP contribution in [-0.2, 0) is 11.2 Å². The van der Waals surface area contributed by atoms with Crippen LogP contribution in [0.25, 0.3) is 11.0 Å². The summed E-state index contributed by atoms with van der Waals surface area (Å²) < 4.78 is 6.65. The predicted octanol–water partition coefficient (Wildman–Crippen LogP) is 3.52. The van der Waals surface area contributed by atoms with Crippen molar-refractivity contribution in [2.45, 2.75) is 13.3 Å². The largest absolute Gasteiger partial charge is 0.481 e.